The van der Waals surface area contributed by atoms with Crippen LogP contribution in [-0.2, 0) is 0 Å². The molecule has 4 heterocycles. The third kappa shape index (κ3) is 4.68. The Morgan fingerprint density at radius 2 is 1.93 bits per heavy atom. The lowest BCUT2D eigenvalue weighted by Gasteiger charge is -2.40. The van der Waals surface area contributed by atoms with Gasteiger partial charge in [-0.05, 0) is 83.0 Å². The number of likely N-dealkylation sites (tertiary alicyclic amines) is 2. The third-order valence-electron chi connectivity index (χ3n) is 6.00. The van der Waals surface area contributed by atoms with E-state index in [1.165, 1.54) is 58.3 Å². The number of hydrogen-bond donors (Lipinski definition) is 1. The van der Waals surface area contributed by atoms with Crippen LogP contribution >= 0.6 is 0 Å². The van der Waals surface area contributed by atoms with E-state index in [4.69, 9.17) is 0 Å². The normalized spacial score (nSPS) is 20.1. The summed E-state index contributed by atoms with van der Waals surface area (Å²) in [5, 5.41) is 7.33. The molecule has 0 radical (unpaired) electrons. The number of rotatable bonds is 6. The number of pyridine rings is 1. The molecule has 2 aliphatic rings. The first-order valence-corrected chi connectivity index (χ1v) is 10.5. The number of amides is 1. The zero-order chi connectivity index (χ0) is 18.5. The molecule has 27 heavy (non-hydrogen) atoms. The van der Waals surface area contributed by atoms with E-state index in [0.29, 0.717) is 12.2 Å². The van der Waals surface area contributed by atoms with Crippen LogP contribution < -0.4 is 5.32 Å². The van der Waals surface area contributed by atoms with Crippen LogP contribution in [0.4, 0.5) is 0 Å². The van der Waals surface area contributed by atoms with Crippen molar-refractivity contribution in [3.8, 4) is 0 Å². The van der Waals surface area contributed by atoms with E-state index in [-0.39, 0.29) is 5.91 Å². The Balaban J connectivity index is 1.15. The molecule has 0 saturated carbocycles. The summed E-state index contributed by atoms with van der Waals surface area (Å²) in [6.45, 7) is 6.78. The van der Waals surface area contributed by atoms with E-state index in [9.17, 15) is 4.79 Å². The van der Waals surface area contributed by atoms with Gasteiger partial charge in [0, 0.05) is 18.8 Å². The Morgan fingerprint density at radius 1 is 1.11 bits per heavy atom. The van der Waals surface area contributed by atoms with E-state index in [2.05, 4.69) is 20.2 Å². The molecule has 0 aromatic carbocycles. The predicted octanol–water partition coefficient (Wildman–Crippen LogP) is 2.40. The van der Waals surface area contributed by atoms with E-state index in [1.807, 2.05) is 30.5 Å². The van der Waals surface area contributed by atoms with Crippen molar-refractivity contribution in [2.45, 2.75) is 44.6 Å². The maximum atomic E-state index is 12.3. The zero-order valence-electron chi connectivity index (χ0n) is 16.1. The first kappa shape index (κ1) is 18.4. The van der Waals surface area contributed by atoms with Crippen molar-refractivity contribution >= 4 is 11.4 Å². The van der Waals surface area contributed by atoms with Crippen LogP contribution in [0, 0.1) is 0 Å². The van der Waals surface area contributed by atoms with Crippen LogP contribution in [0.15, 0.2) is 30.5 Å². The van der Waals surface area contributed by atoms with Crippen molar-refractivity contribution < 1.29 is 4.79 Å². The summed E-state index contributed by atoms with van der Waals surface area (Å²) in [4.78, 5) is 17.5. The van der Waals surface area contributed by atoms with Gasteiger partial charge in [-0.1, -0.05) is 12.5 Å². The number of carbonyl (C=O) groups excluding carboxylic acids is 1. The first-order chi connectivity index (χ1) is 13.3. The van der Waals surface area contributed by atoms with Gasteiger partial charge in [0.15, 0.2) is 5.69 Å². The van der Waals surface area contributed by atoms with Gasteiger partial charge in [-0.25, -0.2) is 4.52 Å². The lowest BCUT2D eigenvalue weighted by Crippen LogP contribution is -2.47. The molecule has 0 bridgehead atoms. The average molecular weight is 370 g/mol. The highest BCUT2D eigenvalue weighted by atomic mass is 16.1. The van der Waals surface area contributed by atoms with Crippen LogP contribution in [0.25, 0.3) is 5.52 Å². The van der Waals surface area contributed by atoms with Gasteiger partial charge >= 0.3 is 0 Å². The van der Waals surface area contributed by atoms with Crippen LogP contribution in [0.5, 0.6) is 0 Å². The lowest BCUT2D eigenvalue weighted by molar-refractivity contribution is 0.0901. The molecule has 0 unspecified atom stereocenters. The van der Waals surface area contributed by atoms with Gasteiger partial charge in [-0.3, -0.25) is 4.79 Å². The molecule has 6 heteroatoms. The molecule has 6 nitrogen and oxygen atoms in total. The molecule has 1 N–H and O–H groups in total. The van der Waals surface area contributed by atoms with E-state index in [0.717, 1.165) is 24.5 Å². The van der Waals surface area contributed by atoms with Crippen molar-refractivity contribution in [3.05, 3.63) is 36.2 Å². The van der Waals surface area contributed by atoms with Crippen LogP contribution in [0.1, 0.15) is 49.0 Å². The second kappa shape index (κ2) is 8.85. The highest BCUT2D eigenvalue weighted by Crippen LogP contribution is 2.20. The average Bonchev–Trinajstić information content (AvgIpc) is 3.17. The minimum Gasteiger partial charge on any atom is -0.351 e. The molecule has 2 saturated heterocycles. The van der Waals surface area contributed by atoms with E-state index < -0.39 is 0 Å². The molecule has 2 aromatic heterocycles. The Kier molecular flexibility index (Phi) is 6.04. The minimum absolute atomic E-state index is 0.0810. The number of aromatic nitrogens is 2. The molecule has 0 spiro atoms. The van der Waals surface area contributed by atoms with Gasteiger partial charge < -0.3 is 15.1 Å². The number of carbonyl (C=O) groups is 1. The number of nitrogens with one attached hydrogen (secondary N) is 1. The largest absolute Gasteiger partial charge is 0.351 e. The molecule has 2 fully saturated rings. The van der Waals surface area contributed by atoms with Crippen molar-refractivity contribution in [1.82, 2.24) is 24.7 Å². The van der Waals surface area contributed by atoms with Gasteiger partial charge in [0.2, 0.25) is 0 Å². The van der Waals surface area contributed by atoms with Gasteiger partial charge in [0.05, 0.1) is 5.52 Å². The maximum Gasteiger partial charge on any atom is 0.271 e. The summed E-state index contributed by atoms with van der Waals surface area (Å²) in [5.41, 5.74) is 1.43. The number of piperidine rings is 2. The number of fused-ring (bicyclic) bond motifs is 1. The minimum atomic E-state index is -0.0810. The first-order valence-electron chi connectivity index (χ1n) is 10.5. The van der Waals surface area contributed by atoms with Gasteiger partial charge in [0.1, 0.15) is 0 Å². The summed E-state index contributed by atoms with van der Waals surface area (Å²) in [6, 6.07) is 8.46. The Hall–Kier alpha value is -1.92. The summed E-state index contributed by atoms with van der Waals surface area (Å²) < 4.78 is 1.74. The molecule has 146 valence electrons. The predicted molar refractivity (Wildman–Crippen MR) is 107 cm³/mol. The summed E-state index contributed by atoms with van der Waals surface area (Å²) in [7, 11) is 0. The molecule has 2 aliphatic heterocycles. The van der Waals surface area contributed by atoms with Crippen molar-refractivity contribution in [2.24, 2.45) is 0 Å². The summed E-state index contributed by atoms with van der Waals surface area (Å²) in [5.74, 6) is -0.0810. The quantitative estimate of drug-likeness (QED) is 0.795. The highest BCUT2D eigenvalue weighted by Gasteiger charge is 2.25. The van der Waals surface area contributed by atoms with Crippen molar-refractivity contribution in [1.29, 1.82) is 0 Å². The fraction of sp³-hybridized carbons (Fsp3) is 0.619. The van der Waals surface area contributed by atoms with Crippen LogP contribution in [0.2, 0.25) is 0 Å². The number of hydrogen-bond acceptors (Lipinski definition) is 4. The van der Waals surface area contributed by atoms with Crippen LogP contribution in [0.3, 0.4) is 0 Å². The van der Waals surface area contributed by atoms with Gasteiger partial charge in [-0.15, -0.1) is 0 Å². The summed E-state index contributed by atoms with van der Waals surface area (Å²) >= 11 is 0. The smallest absolute Gasteiger partial charge is 0.271 e. The second-order valence-corrected chi connectivity index (χ2v) is 7.88. The SMILES string of the molecule is O=C(NCCCN1CCC(N2CCCCC2)CC1)c1cc2ccccn2n1. The van der Waals surface area contributed by atoms with Crippen molar-refractivity contribution in [3.63, 3.8) is 0 Å². The molecule has 2 aromatic rings. The van der Waals surface area contributed by atoms with E-state index in [1.54, 1.807) is 4.52 Å². The molecule has 0 aliphatic carbocycles. The second-order valence-electron chi connectivity index (χ2n) is 7.88. The monoisotopic (exact) mass is 369 g/mol. The number of nitrogens with zero attached hydrogens (tertiary/aromatic N) is 4. The van der Waals surface area contributed by atoms with Gasteiger partial charge in [-0.2, -0.15) is 5.10 Å². The zero-order valence-corrected chi connectivity index (χ0v) is 16.1. The van der Waals surface area contributed by atoms with Crippen molar-refractivity contribution in [2.75, 3.05) is 39.3 Å². The Bertz CT molecular complexity index is 711. The lowest BCUT2D eigenvalue weighted by atomic mass is 10.00. The molecular weight excluding hydrogens is 338 g/mol. The Morgan fingerprint density at radius 3 is 2.70 bits per heavy atom. The standard InChI is InChI=1S/C21H31N5O/c27-21(20-17-19-7-2-5-14-26(19)23-20)22-10-6-11-24-15-8-18(9-16-24)25-12-3-1-4-13-25/h2,5,7,14,17-18H,1,3-4,6,8-13,15-16H2,(H,22,27). The van der Waals surface area contributed by atoms with Crippen LogP contribution in [-0.4, -0.2) is 70.6 Å². The fourth-order valence-electron chi connectivity index (χ4n) is 4.44. The molecular formula is C21H31N5O. The summed E-state index contributed by atoms with van der Waals surface area (Å²) in [6.07, 6.45) is 9.63. The molecule has 0 atom stereocenters. The topological polar surface area (TPSA) is 52.9 Å². The third-order valence-corrected chi connectivity index (χ3v) is 6.00. The molecule has 1 amide bonds. The fourth-order valence-corrected chi connectivity index (χ4v) is 4.44. The highest BCUT2D eigenvalue weighted by molar-refractivity contribution is 5.93. The van der Waals surface area contributed by atoms with E-state index >= 15 is 0 Å². The van der Waals surface area contributed by atoms with Gasteiger partial charge in [0.25, 0.3) is 5.91 Å². The maximum absolute atomic E-state index is 12.3. The Labute approximate surface area is 161 Å². The molecule has 4 rings (SSSR count).